The van der Waals surface area contributed by atoms with Crippen LogP contribution < -0.4 is 10.6 Å². The molecule has 8 nitrogen and oxygen atoms in total. The number of nitrogens with one attached hydrogen (secondary N) is 2. The van der Waals surface area contributed by atoms with Crippen molar-refractivity contribution in [3.63, 3.8) is 0 Å². The van der Waals surface area contributed by atoms with Crippen LogP contribution in [0.5, 0.6) is 0 Å². The third-order valence-electron chi connectivity index (χ3n) is 4.13. The maximum atomic E-state index is 12.0. The number of halogens is 1. The summed E-state index contributed by atoms with van der Waals surface area (Å²) in [6, 6.07) is -0.949. The van der Waals surface area contributed by atoms with Gasteiger partial charge < -0.3 is 10.6 Å². The molecule has 2 heterocycles. The Hall–Kier alpha value is -1.87. The fourth-order valence-electron chi connectivity index (χ4n) is 2.75. The van der Waals surface area contributed by atoms with E-state index in [1.54, 1.807) is 20.8 Å². The Labute approximate surface area is 157 Å². The Morgan fingerprint density at radius 1 is 1.46 bits per heavy atom. The predicted molar refractivity (Wildman–Crippen MR) is 99.6 cm³/mol. The van der Waals surface area contributed by atoms with Crippen LogP contribution in [0.15, 0.2) is 6.08 Å². The fraction of sp³-hybridized carbons (Fsp3) is 0.562. The topological polar surface area (TPSA) is 110 Å². The maximum absolute atomic E-state index is 12.0. The van der Waals surface area contributed by atoms with Crippen LogP contribution in [0.1, 0.15) is 37.6 Å². The van der Waals surface area contributed by atoms with Crippen molar-refractivity contribution < 1.29 is 18.0 Å². The number of carbonyl (C=O) groups is 2. The average molecular weight is 403 g/mol. The molecule has 1 aliphatic heterocycles. The lowest BCUT2D eigenvalue weighted by atomic mass is 10.2. The van der Waals surface area contributed by atoms with Crippen molar-refractivity contribution in [3.8, 4) is 0 Å². The molecule has 1 aliphatic rings. The van der Waals surface area contributed by atoms with Gasteiger partial charge in [-0.1, -0.05) is 11.6 Å². The molecular formula is C16H23ClN4O4S. The second-order valence-corrected chi connectivity index (χ2v) is 8.84. The number of hydrogen-bond donors (Lipinski definition) is 2. The third-order valence-corrected chi connectivity index (χ3v) is 6.26. The van der Waals surface area contributed by atoms with Gasteiger partial charge in [0.2, 0.25) is 11.8 Å². The Balaban J connectivity index is 2.09. The lowest BCUT2D eigenvalue weighted by molar-refractivity contribution is -0.126. The van der Waals surface area contributed by atoms with Crippen molar-refractivity contribution in [2.75, 3.05) is 18.1 Å². The van der Waals surface area contributed by atoms with Gasteiger partial charge in [-0.2, -0.15) is 5.10 Å². The minimum atomic E-state index is -3.06. The number of hydrogen-bond acceptors (Lipinski definition) is 5. The van der Waals surface area contributed by atoms with Crippen LogP contribution in [0.25, 0.3) is 6.08 Å². The normalized spacial score (nSPS) is 20.2. The van der Waals surface area contributed by atoms with Crippen LogP contribution in [-0.2, 0) is 19.4 Å². The molecule has 26 heavy (non-hydrogen) atoms. The standard InChI is InChI=1S/C16H23ClN4O4S/c1-4-18-16(23)11(3)19-14(22)6-5-13-10(2)20-21(15(13)17)12-7-8-26(24,25)9-12/h5-6,11-12H,4,7-9H2,1-3H3,(H,18,23)(H,19,22)/b6-5+/t11-,12-/m1/s1. The molecule has 0 radical (unpaired) electrons. The number of likely N-dealkylation sites (N-methyl/N-ethyl adjacent to an activating group) is 1. The number of sulfone groups is 1. The van der Waals surface area contributed by atoms with E-state index in [1.165, 1.54) is 16.8 Å². The first-order chi connectivity index (χ1) is 12.1. The van der Waals surface area contributed by atoms with Crippen molar-refractivity contribution in [1.29, 1.82) is 0 Å². The van der Waals surface area contributed by atoms with Gasteiger partial charge in [0, 0.05) is 18.2 Å². The molecule has 1 saturated heterocycles. The zero-order valence-corrected chi connectivity index (χ0v) is 16.5. The van der Waals surface area contributed by atoms with Gasteiger partial charge in [-0.05, 0) is 33.3 Å². The van der Waals surface area contributed by atoms with Crippen molar-refractivity contribution in [2.24, 2.45) is 0 Å². The average Bonchev–Trinajstić information content (AvgIpc) is 3.05. The molecule has 1 fully saturated rings. The summed E-state index contributed by atoms with van der Waals surface area (Å²) in [5, 5.41) is 9.80. The summed E-state index contributed by atoms with van der Waals surface area (Å²) in [5.74, 6) is -0.561. The lowest BCUT2D eigenvalue weighted by Gasteiger charge is -2.11. The fourth-order valence-corrected chi connectivity index (χ4v) is 4.81. The van der Waals surface area contributed by atoms with Crippen molar-refractivity contribution in [3.05, 3.63) is 22.5 Å². The number of carbonyl (C=O) groups excluding carboxylic acids is 2. The Kier molecular flexibility index (Phi) is 6.46. The van der Waals surface area contributed by atoms with Crippen molar-refractivity contribution >= 4 is 39.3 Å². The molecule has 0 bridgehead atoms. The second-order valence-electron chi connectivity index (χ2n) is 6.25. The van der Waals surface area contributed by atoms with Gasteiger partial charge in [0.25, 0.3) is 0 Å². The monoisotopic (exact) mass is 402 g/mol. The number of amides is 2. The SMILES string of the molecule is CCNC(=O)[C@@H](C)NC(=O)/C=C/c1c(C)nn([C@@H]2CCS(=O)(=O)C2)c1Cl. The summed E-state index contributed by atoms with van der Waals surface area (Å²) >= 11 is 6.34. The van der Waals surface area contributed by atoms with E-state index >= 15 is 0 Å². The molecule has 2 N–H and O–H groups in total. The highest BCUT2D eigenvalue weighted by atomic mass is 35.5. The van der Waals surface area contributed by atoms with Crippen molar-refractivity contribution in [1.82, 2.24) is 20.4 Å². The molecule has 0 saturated carbocycles. The highest BCUT2D eigenvalue weighted by Crippen LogP contribution is 2.30. The summed E-state index contributed by atoms with van der Waals surface area (Å²) in [6.45, 7) is 5.61. The molecule has 2 rings (SSSR count). The van der Waals surface area contributed by atoms with Crippen LogP contribution in [0.2, 0.25) is 5.15 Å². The van der Waals surface area contributed by atoms with Gasteiger partial charge >= 0.3 is 0 Å². The van der Waals surface area contributed by atoms with Crippen LogP contribution in [0, 0.1) is 6.92 Å². The zero-order chi connectivity index (χ0) is 19.5. The molecule has 144 valence electrons. The van der Waals surface area contributed by atoms with Crippen LogP contribution in [-0.4, -0.2) is 54.1 Å². The smallest absolute Gasteiger partial charge is 0.244 e. The number of rotatable bonds is 6. The van der Waals surface area contributed by atoms with Gasteiger partial charge in [0.05, 0.1) is 23.2 Å². The number of aromatic nitrogens is 2. The minimum absolute atomic E-state index is 0.0154. The first-order valence-corrected chi connectivity index (χ1v) is 10.6. The third kappa shape index (κ3) is 4.85. The largest absolute Gasteiger partial charge is 0.355 e. The Morgan fingerprint density at radius 3 is 2.73 bits per heavy atom. The highest BCUT2D eigenvalue weighted by Gasteiger charge is 2.31. The van der Waals surface area contributed by atoms with E-state index in [2.05, 4.69) is 15.7 Å². The molecule has 2 atom stereocenters. The quantitative estimate of drug-likeness (QED) is 0.685. The first kappa shape index (κ1) is 20.4. The van der Waals surface area contributed by atoms with Gasteiger partial charge in [-0.25, -0.2) is 13.1 Å². The van der Waals surface area contributed by atoms with Gasteiger partial charge in [-0.3, -0.25) is 9.59 Å². The summed E-state index contributed by atoms with van der Waals surface area (Å²) in [5.41, 5.74) is 1.15. The molecule has 0 aromatic carbocycles. The molecule has 0 aliphatic carbocycles. The van der Waals surface area contributed by atoms with E-state index in [-0.39, 0.29) is 23.5 Å². The van der Waals surface area contributed by atoms with Gasteiger partial charge in [0.1, 0.15) is 11.2 Å². The summed E-state index contributed by atoms with van der Waals surface area (Å²) in [6.07, 6.45) is 3.27. The van der Waals surface area contributed by atoms with E-state index in [0.717, 1.165) is 0 Å². The molecule has 10 heteroatoms. The maximum Gasteiger partial charge on any atom is 0.244 e. The van der Waals surface area contributed by atoms with Gasteiger partial charge in [0.15, 0.2) is 9.84 Å². The van der Waals surface area contributed by atoms with E-state index in [9.17, 15) is 18.0 Å². The highest BCUT2D eigenvalue weighted by molar-refractivity contribution is 7.91. The first-order valence-electron chi connectivity index (χ1n) is 8.36. The lowest BCUT2D eigenvalue weighted by Crippen LogP contribution is -2.44. The predicted octanol–water partition coefficient (Wildman–Crippen LogP) is 0.859. The molecule has 0 unspecified atom stereocenters. The molecule has 1 aromatic rings. The molecule has 0 spiro atoms. The summed E-state index contributed by atoms with van der Waals surface area (Å²) in [7, 11) is -3.06. The summed E-state index contributed by atoms with van der Waals surface area (Å²) in [4.78, 5) is 23.6. The number of nitrogens with zero attached hydrogens (tertiary/aromatic N) is 2. The van der Waals surface area contributed by atoms with E-state index in [4.69, 9.17) is 11.6 Å². The second kappa shape index (κ2) is 8.22. The van der Waals surface area contributed by atoms with Crippen LogP contribution in [0.3, 0.4) is 0 Å². The molecule has 2 amide bonds. The van der Waals surface area contributed by atoms with E-state index in [1.807, 2.05) is 0 Å². The van der Waals surface area contributed by atoms with Gasteiger partial charge in [-0.15, -0.1) is 0 Å². The zero-order valence-electron chi connectivity index (χ0n) is 15.0. The summed E-state index contributed by atoms with van der Waals surface area (Å²) < 4.78 is 24.8. The van der Waals surface area contributed by atoms with Crippen LogP contribution >= 0.6 is 11.6 Å². The molecular weight excluding hydrogens is 380 g/mol. The van der Waals surface area contributed by atoms with Crippen molar-refractivity contribution in [2.45, 2.75) is 39.3 Å². The van der Waals surface area contributed by atoms with Crippen LogP contribution in [0.4, 0.5) is 0 Å². The van der Waals surface area contributed by atoms with E-state index in [0.29, 0.717) is 29.4 Å². The van der Waals surface area contributed by atoms with E-state index < -0.39 is 21.8 Å². The Bertz CT molecular complexity index is 832. The minimum Gasteiger partial charge on any atom is -0.355 e. The molecule has 1 aromatic heterocycles. The number of aryl methyl sites for hydroxylation is 1. The Morgan fingerprint density at radius 2 is 2.15 bits per heavy atom.